The molecule has 3 aromatic rings. The lowest BCUT2D eigenvalue weighted by molar-refractivity contribution is 0.0619. The van der Waals surface area contributed by atoms with E-state index in [1.54, 1.807) is 10.8 Å². The number of nitrogens with zero attached hydrogens (tertiary/aromatic N) is 4. The lowest BCUT2D eigenvalue weighted by atomic mass is 9.82. The molecule has 1 N–H and O–H groups in total. The third-order valence-corrected chi connectivity index (χ3v) is 5.44. The highest BCUT2D eigenvalue weighted by molar-refractivity contribution is 5.65. The molecule has 3 atom stereocenters. The first-order valence-electron chi connectivity index (χ1n) is 9.03. The monoisotopic (exact) mass is 335 g/mol. The Morgan fingerprint density at radius 3 is 2.96 bits per heavy atom. The Balaban J connectivity index is 1.52. The standard InChI is InChI=1S/C19H21N5O/c1-2-5-13(6-3-1)16-11-18(24-19(23-16)20-12-21-24)22-15-7-4-8-17-14(15)9-10-25-17/h1-3,5-6,11-12,14-15,17,22H,4,7-10H2. The molecule has 0 radical (unpaired) electrons. The van der Waals surface area contributed by atoms with Crippen LogP contribution in [0.25, 0.3) is 17.0 Å². The van der Waals surface area contributed by atoms with Gasteiger partial charge in [0.1, 0.15) is 12.1 Å². The molecule has 1 aromatic carbocycles. The second-order valence-electron chi connectivity index (χ2n) is 6.91. The molecule has 0 bridgehead atoms. The quantitative estimate of drug-likeness (QED) is 0.796. The van der Waals surface area contributed by atoms with Crippen molar-refractivity contribution in [3.05, 3.63) is 42.7 Å². The van der Waals surface area contributed by atoms with Gasteiger partial charge in [-0.25, -0.2) is 4.98 Å². The minimum Gasteiger partial charge on any atom is -0.378 e. The Hall–Kier alpha value is -2.47. The van der Waals surface area contributed by atoms with Gasteiger partial charge in [0.15, 0.2) is 0 Å². The normalized spacial score (nSPS) is 25.8. The van der Waals surface area contributed by atoms with Gasteiger partial charge in [0.25, 0.3) is 5.78 Å². The molecule has 2 aromatic heterocycles. The number of ether oxygens (including phenoxy) is 1. The maximum atomic E-state index is 5.90. The minimum absolute atomic E-state index is 0.410. The van der Waals surface area contributed by atoms with Crippen molar-refractivity contribution in [3.8, 4) is 11.3 Å². The van der Waals surface area contributed by atoms with Crippen LogP contribution in [0.1, 0.15) is 25.7 Å². The summed E-state index contributed by atoms with van der Waals surface area (Å²) in [6.07, 6.45) is 6.67. The van der Waals surface area contributed by atoms with E-state index in [1.165, 1.54) is 19.3 Å². The number of hydrogen-bond acceptors (Lipinski definition) is 5. The van der Waals surface area contributed by atoms with Gasteiger partial charge < -0.3 is 10.1 Å². The zero-order valence-corrected chi connectivity index (χ0v) is 14.0. The molecule has 0 spiro atoms. The zero-order chi connectivity index (χ0) is 16.6. The average Bonchev–Trinajstić information content (AvgIpc) is 3.32. The average molecular weight is 335 g/mol. The largest absolute Gasteiger partial charge is 0.378 e. The predicted molar refractivity (Wildman–Crippen MR) is 95.3 cm³/mol. The summed E-state index contributed by atoms with van der Waals surface area (Å²) in [4.78, 5) is 8.95. The van der Waals surface area contributed by atoms with Crippen molar-refractivity contribution in [3.63, 3.8) is 0 Å². The third kappa shape index (κ3) is 2.66. The van der Waals surface area contributed by atoms with Crippen molar-refractivity contribution in [1.29, 1.82) is 0 Å². The highest BCUT2D eigenvalue weighted by Crippen LogP contribution is 2.36. The zero-order valence-electron chi connectivity index (χ0n) is 14.0. The molecule has 6 heteroatoms. The van der Waals surface area contributed by atoms with E-state index >= 15 is 0 Å². The molecule has 2 fully saturated rings. The molecule has 1 aliphatic heterocycles. The van der Waals surface area contributed by atoms with E-state index in [-0.39, 0.29) is 0 Å². The van der Waals surface area contributed by atoms with E-state index in [0.29, 0.717) is 23.8 Å². The highest BCUT2D eigenvalue weighted by Gasteiger charge is 2.37. The van der Waals surface area contributed by atoms with Crippen molar-refractivity contribution >= 4 is 11.6 Å². The maximum Gasteiger partial charge on any atom is 0.254 e. The molecule has 3 unspecified atom stereocenters. The van der Waals surface area contributed by atoms with Crippen LogP contribution in [0.3, 0.4) is 0 Å². The molecule has 128 valence electrons. The summed E-state index contributed by atoms with van der Waals surface area (Å²) in [5.41, 5.74) is 2.00. The SMILES string of the molecule is c1ccc(-c2cc(NC3CCCC4OCCC34)n3ncnc3n2)cc1. The molecular formula is C19H21N5O. The fraction of sp³-hybridized carbons (Fsp3) is 0.421. The molecule has 1 aliphatic carbocycles. The van der Waals surface area contributed by atoms with Crippen molar-refractivity contribution < 1.29 is 4.74 Å². The molecule has 1 saturated heterocycles. The van der Waals surface area contributed by atoms with Gasteiger partial charge in [-0.1, -0.05) is 30.3 Å². The Morgan fingerprint density at radius 2 is 2.04 bits per heavy atom. The van der Waals surface area contributed by atoms with Crippen LogP contribution in [-0.4, -0.2) is 38.3 Å². The van der Waals surface area contributed by atoms with E-state index in [4.69, 9.17) is 4.74 Å². The van der Waals surface area contributed by atoms with Crippen LogP contribution in [0.5, 0.6) is 0 Å². The van der Waals surface area contributed by atoms with E-state index in [1.807, 2.05) is 18.2 Å². The first-order chi connectivity index (χ1) is 12.4. The Bertz CT molecular complexity index is 878. The third-order valence-electron chi connectivity index (χ3n) is 5.44. The number of aromatic nitrogens is 4. The summed E-state index contributed by atoms with van der Waals surface area (Å²) in [6.45, 7) is 0.887. The number of fused-ring (bicyclic) bond motifs is 2. The van der Waals surface area contributed by atoms with Gasteiger partial charge in [0.05, 0.1) is 11.8 Å². The number of nitrogens with one attached hydrogen (secondary N) is 1. The van der Waals surface area contributed by atoms with Crippen molar-refractivity contribution in [2.45, 2.75) is 37.8 Å². The number of benzene rings is 1. The van der Waals surface area contributed by atoms with Gasteiger partial charge in [-0.3, -0.25) is 0 Å². The van der Waals surface area contributed by atoms with Crippen molar-refractivity contribution in [2.24, 2.45) is 5.92 Å². The first kappa shape index (κ1) is 14.8. The molecular weight excluding hydrogens is 314 g/mol. The van der Waals surface area contributed by atoms with Crippen LogP contribution < -0.4 is 5.32 Å². The van der Waals surface area contributed by atoms with Crippen LogP contribution in [0.2, 0.25) is 0 Å². The van der Waals surface area contributed by atoms with E-state index in [2.05, 4.69) is 38.6 Å². The topological polar surface area (TPSA) is 64.3 Å². The Morgan fingerprint density at radius 1 is 1.12 bits per heavy atom. The summed E-state index contributed by atoms with van der Waals surface area (Å²) in [7, 11) is 0. The molecule has 3 heterocycles. The molecule has 1 saturated carbocycles. The minimum atomic E-state index is 0.410. The maximum absolute atomic E-state index is 5.90. The van der Waals surface area contributed by atoms with Crippen LogP contribution in [0.15, 0.2) is 42.7 Å². The summed E-state index contributed by atoms with van der Waals surface area (Å²) < 4.78 is 7.70. The molecule has 5 rings (SSSR count). The fourth-order valence-corrected chi connectivity index (χ4v) is 4.22. The number of anilines is 1. The number of rotatable bonds is 3. The first-order valence-corrected chi connectivity index (χ1v) is 9.03. The van der Waals surface area contributed by atoms with Crippen LogP contribution in [-0.2, 0) is 4.74 Å². The molecule has 6 nitrogen and oxygen atoms in total. The smallest absolute Gasteiger partial charge is 0.254 e. The number of hydrogen-bond donors (Lipinski definition) is 1. The summed E-state index contributed by atoms with van der Waals surface area (Å²) in [6, 6.07) is 12.7. The van der Waals surface area contributed by atoms with Crippen LogP contribution in [0.4, 0.5) is 5.82 Å². The molecule has 0 amide bonds. The van der Waals surface area contributed by atoms with E-state index in [0.717, 1.165) is 30.1 Å². The van der Waals surface area contributed by atoms with Gasteiger partial charge in [0.2, 0.25) is 0 Å². The van der Waals surface area contributed by atoms with Crippen LogP contribution >= 0.6 is 0 Å². The Kier molecular flexibility index (Phi) is 3.63. The lowest BCUT2D eigenvalue weighted by Gasteiger charge is -2.33. The second-order valence-corrected chi connectivity index (χ2v) is 6.91. The van der Waals surface area contributed by atoms with Gasteiger partial charge in [-0.05, 0) is 25.7 Å². The van der Waals surface area contributed by atoms with E-state index in [9.17, 15) is 0 Å². The van der Waals surface area contributed by atoms with Gasteiger partial charge in [-0.2, -0.15) is 14.6 Å². The van der Waals surface area contributed by atoms with Gasteiger partial charge >= 0.3 is 0 Å². The fourth-order valence-electron chi connectivity index (χ4n) is 4.22. The van der Waals surface area contributed by atoms with Crippen molar-refractivity contribution in [1.82, 2.24) is 19.6 Å². The molecule has 25 heavy (non-hydrogen) atoms. The predicted octanol–water partition coefficient (Wildman–Crippen LogP) is 3.16. The van der Waals surface area contributed by atoms with Crippen molar-refractivity contribution in [2.75, 3.05) is 11.9 Å². The summed E-state index contributed by atoms with van der Waals surface area (Å²) in [5.74, 6) is 2.17. The summed E-state index contributed by atoms with van der Waals surface area (Å²) in [5, 5.41) is 8.09. The van der Waals surface area contributed by atoms with Crippen LogP contribution in [0, 0.1) is 5.92 Å². The summed E-state index contributed by atoms with van der Waals surface area (Å²) >= 11 is 0. The van der Waals surface area contributed by atoms with Gasteiger partial charge in [-0.15, -0.1) is 0 Å². The lowest BCUT2D eigenvalue weighted by Crippen LogP contribution is -2.38. The second kappa shape index (κ2) is 6.11. The van der Waals surface area contributed by atoms with Gasteiger partial charge in [0, 0.05) is 30.2 Å². The Labute approximate surface area is 146 Å². The van der Waals surface area contributed by atoms with E-state index < -0.39 is 0 Å². The molecule has 2 aliphatic rings. The highest BCUT2D eigenvalue weighted by atomic mass is 16.5.